The van der Waals surface area contributed by atoms with Crippen LogP contribution in [0.3, 0.4) is 0 Å². The zero-order valence-corrected chi connectivity index (χ0v) is 19.3. The lowest BCUT2D eigenvalue weighted by atomic mass is 10.2. The van der Waals surface area contributed by atoms with Gasteiger partial charge >= 0.3 is 11.8 Å². The number of hydrazone groups is 1. The minimum atomic E-state index is -0.917. The Labute approximate surface area is 200 Å². The van der Waals surface area contributed by atoms with Crippen LogP contribution >= 0.6 is 23.2 Å². The minimum absolute atomic E-state index is 0.204. The molecule has 176 valence electrons. The van der Waals surface area contributed by atoms with Crippen molar-refractivity contribution in [3.63, 3.8) is 0 Å². The fourth-order valence-corrected chi connectivity index (χ4v) is 2.72. The molecule has 0 fully saturated rings. The van der Waals surface area contributed by atoms with Crippen LogP contribution in [0.4, 0.5) is 5.69 Å². The van der Waals surface area contributed by atoms with Crippen molar-refractivity contribution >= 4 is 52.8 Å². The fourth-order valence-electron chi connectivity index (χ4n) is 2.38. The van der Waals surface area contributed by atoms with Gasteiger partial charge in [0.05, 0.1) is 35.7 Å². The highest BCUT2D eigenvalue weighted by Crippen LogP contribution is 2.30. The van der Waals surface area contributed by atoms with Crippen LogP contribution in [0.2, 0.25) is 10.0 Å². The van der Waals surface area contributed by atoms with Gasteiger partial charge in [0, 0.05) is 13.7 Å². The van der Waals surface area contributed by atoms with Crippen LogP contribution in [0.15, 0.2) is 41.5 Å². The van der Waals surface area contributed by atoms with E-state index in [0.717, 1.165) is 0 Å². The molecule has 0 saturated heterocycles. The van der Waals surface area contributed by atoms with Gasteiger partial charge in [0.1, 0.15) is 0 Å². The average Bonchev–Trinajstić information content (AvgIpc) is 2.81. The minimum Gasteiger partial charge on any atom is -0.493 e. The Morgan fingerprint density at radius 2 is 1.85 bits per heavy atom. The van der Waals surface area contributed by atoms with Crippen LogP contribution in [0.1, 0.15) is 5.56 Å². The Kier molecular flexibility index (Phi) is 10.4. The number of ether oxygens (including phenoxy) is 3. The van der Waals surface area contributed by atoms with E-state index in [2.05, 4.69) is 21.2 Å². The number of benzene rings is 2. The molecule has 3 amide bonds. The van der Waals surface area contributed by atoms with Crippen molar-refractivity contribution in [3.05, 3.63) is 52.0 Å². The van der Waals surface area contributed by atoms with Crippen LogP contribution in [-0.4, -0.2) is 57.9 Å². The molecule has 2 rings (SSSR count). The lowest BCUT2D eigenvalue weighted by molar-refractivity contribution is -0.139. The van der Waals surface area contributed by atoms with E-state index >= 15 is 0 Å². The molecule has 10 nitrogen and oxygen atoms in total. The van der Waals surface area contributed by atoms with Crippen molar-refractivity contribution in [2.45, 2.75) is 0 Å². The number of nitrogens with zero attached hydrogens (tertiary/aromatic N) is 1. The van der Waals surface area contributed by atoms with Gasteiger partial charge in [0.2, 0.25) is 0 Å². The number of nitrogens with one attached hydrogen (secondary N) is 3. The maximum atomic E-state index is 12.2. The number of halogens is 2. The van der Waals surface area contributed by atoms with E-state index in [1.54, 1.807) is 36.4 Å². The summed E-state index contributed by atoms with van der Waals surface area (Å²) in [5.41, 5.74) is 3.03. The first-order chi connectivity index (χ1) is 15.8. The van der Waals surface area contributed by atoms with Gasteiger partial charge in [0.15, 0.2) is 18.1 Å². The van der Waals surface area contributed by atoms with Crippen LogP contribution in [0, 0.1) is 0 Å². The number of anilines is 1. The van der Waals surface area contributed by atoms with E-state index < -0.39 is 17.7 Å². The highest BCUT2D eigenvalue weighted by molar-refractivity contribution is 6.44. The summed E-state index contributed by atoms with van der Waals surface area (Å²) in [6, 6.07) is 9.65. The van der Waals surface area contributed by atoms with Crippen molar-refractivity contribution in [3.8, 4) is 11.5 Å². The van der Waals surface area contributed by atoms with Gasteiger partial charge < -0.3 is 24.8 Å². The second kappa shape index (κ2) is 13.3. The molecule has 12 heteroatoms. The predicted octanol–water partition coefficient (Wildman–Crippen LogP) is 2.23. The third-order valence-corrected chi connectivity index (χ3v) is 4.77. The predicted molar refractivity (Wildman–Crippen MR) is 124 cm³/mol. The van der Waals surface area contributed by atoms with Crippen LogP contribution in [-0.2, 0) is 19.1 Å². The lowest BCUT2D eigenvalue weighted by Crippen LogP contribution is -2.39. The Morgan fingerprint density at radius 1 is 1.06 bits per heavy atom. The molecule has 0 aliphatic rings. The first kappa shape index (κ1) is 25.9. The van der Waals surface area contributed by atoms with E-state index in [1.807, 2.05) is 0 Å². The number of hydrogen-bond acceptors (Lipinski definition) is 7. The standard InChI is InChI=1S/C21H22Cl2N4O6/c1-31-9-8-24-20(29)21(30)27-25-11-13-6-7-16(17(10-13)32-2)33-12-18(28)26-15-5-3-4-14(22)19(15)23/h3-7,10-11H,8-9,12H2,1-2H3,(H,24,29)(H,26,28)(H,27,30)/b25-11-. The second-order valence-corrected chi connectivity index (χ2v) is 7.08. The molecule has 0 unspecified atom stereocenters. The van der Waals surface area contributed by atoms with Gasteiger partial charge in [-0.2, -0.15) is 5.10 Å². The van der Waals surface area contributed by atoms with E-state index in [4.69, 9.17) is 37.4 Å². The summed E-state index contributed by atoms with van der Waals surface area (Å²) in [7, 11) is 2.91. The molecule has 2 aromatic carbocycles. The quantitative estimate of drug-likeness (QED) is 0.200. The maximum Gasteiger partial charge on any atom is 0.329 e. The van der Waals surface area contributed by atoms with Crippen molar-refractivity contribution in [2.24, 2.45) is 5.10 Å². The molecule has 33 heavy (non-hydrogen) atoms. The molecular formula is C21H22Cl2N4O6. The number of hydrogen-bond donors (Lipinski definition) is 3. The normalized spacial score (nSPS) is 10.5. The zero-order valence-electron chi connectivity index (χ0n) is 17.8. The van der Waals surface area contributed by atoms with Crippen molar-refractivity contribution in [1.29, 1.82) is 0 Å². The van der Waals surface area contributed by atoms with E-state index in [9.17, 15) is 14.4 Å². The number of carbonyl (C=O) groups excluding carboxylic acids is 3. The van der Waals surface area contributed by atoms with Gasteiger partial charge in [0.25, 0.3) is 5.91 Å². The fraction of sp³-hybridized carbons (Fsp3) is 0.238. The first-order valence-corrected chi connectivity index (χ1v) is 10.3. The third-order valence-electron chi connectivity index (χ3n) is 3.95. The smallest absolute Gasteiger partial charge is 0.329 e. The summed E-state index contributed by atoms with van der Waals surface area (Å²) < 4.78 is 15.6. The highest BCUT2D eigenvalue weighted by Gasteiger charge is 2.13. The Morgan fingerprint density at radius 3 is 2.58 bits per heavy atom. The van der Waals surface area contributed by atoms with Crippen LogP contribution < -0.4 is 25.5 Å². The zero-order chi connectivity index (χ0) is 24.2. The molecule has 0 bridgehead atoms. The summed E-state index contributed by atoms with van der Waals surface area (Å²) in [5.74, 6) is -1.55. The monoisotopic (exact) mass is 496 g/mol. The van der Waals surface area contributed by atoms with Crippen LogP contribution in [0.25, 0.3) is 0 Å². The molecule has 0 radical (unpaired) electrons. The van der Waals surface area contributed by atoms with E-state index in [1.165, 1.54) is 20.4 Å². The molecule has 2 aromatic rings. The topological polar surface area (TPSA) is 127 Å². The lowest BCUT2D eigenvalue weighted by Gasteiger charge is -2.12. The molecule has 0 saturated carbocycles. The molecule has 0 aliphatic carbocycles. The first-order valence-electron chi connectivity index (χ1n) is 9.50. The number of carbonyl (C=O) groups is 3. The number of amides is 3. The van der Waals surface area contributed by atoms with Gasteiger partial charge in [-0.05, 0) is 35.9 Å². The van der Waals surface area contributed by atoms with Gasteiger partial charge in [-0.25, -0.2) is 5.43 Å². The Bertz CT molecular complexity index is 1030. The molecule has 0 atom stereocenters. The van der Waals surface area contributed by atoms with Gasteiger partial charge in [-0.3, -0.25) is 14.4 Å². The molecule has 0 heterocycles. The molecular weight excluding hydrogens is 475 g/mol. The van der Waals surface area contributed by atoms with Gasteiger partial charge in [-0.15, -0.1) is 0 Å². The van der Waals surface area contributed by atoms with E-state index in [0.29, 0.717) is 27.8 Å². The molecule has 0 aliphatic heterocycles. The molecule has 0 spiro atoms. The van der Waals surface area contributed by atoms with Crippen molar-refractivity contribution < 1.29 is 28.6 Å². The van der Waals surface area contributed by atoms with Crippen LogP contribution in [0.5, 0.6) is 11.5 Å². The van der Waals surface area contributed by atoms with Gasteiger partial charge in [-0.1, -0.05) is 29.3 Å². The Hall–Kier alpha value is -3.34. The van der Waals surface area contributed by atoms with E-state index in [-0.39, 0.29) is 24.8 Å². The largest absolute Gasteiger partial charge is 0.493 e. The SMILES string of the molecule is COCCNC(=O)C(=O)N/N=C\c1ccc(OCC(=O)Nc2cccc(Cl)c2Cl)c(OC)c1. The molecule has 0 aromatic heterocycles. The second-order valence-electron chi connectivity index (χ2n) is 6.30. The number of rotatable bonds is 10. The third kappa shape index (κ3) is 8.26. The van der Waals surface area contributed by atoms with Crippen molar-refractivity contribution in [2.75, 3.05) is 39.3 Å². The number of methoxy groups -OCH3 is 2. The highest BCUT2D eigenvalue weighted by atomic mass is 35.5. The summed E-state index contributed by atoms with van der Waals surface area (Å²) in [4.78, 5) is 35.4. The maximum absolute atomic E-state index is 12.2. The Balaban J connectivity index is 1.91. The summed E-state index contributed by atoms with van der Waals surface area (Å²) >= 11 is 12.0. The van der Waals surface area contributed by atoms with Crippen molar-refractivity contribution in [1.82, 2.24) is 10.7 Å². The summed E-state index contributed by atoms with van der Waals surface area (Å²) in [6.07, 6.45) is 1.32. The summed E-state index contributed by atoms with van der Waals surface area (Å²) in [6.45, 7) is 0.183. The molecule has 3 N–H and O–H groups in total. The average molecular weight is 497 g/mol. The summed E-state index contributed by atoms with van der Waals surface area (Å²) in [5, 5.41) is 9.26.